The van der Waals surface area contributed by atoms with Gasteiger partial charge in [-0.1, -0.05) is 0 Å². The van der Waals surface area contributed by atoms with Crippen LogP contribution in [0.3, 0.4) is 0 Å². The Kier molecular flexibility index (Phi) is 30.5. The van der Waals surface area contributed by atoms with Gasteiger partial charge in [0.1, 0.15) is 0 Å². The van der Waals surface area contributed by atoms with Crippen LogP contribution in [0, 0.1) is 0 Å². The van der Waals surface area contributed by atoms with Crippen molar-refractivity contribution in [3.05, 3.63) is 0 Å². The van der Waals surface area contributed by atoms with Crippen LogP contribution in [0.5, 0.6) is 0 Å². The molecule has 0 amide bonds. The molecule has 0 aromatic heterocycles. The summed E-state index contributed by atoms with van der Waals surface area (Å²) >= 11 is 12.0. The zero-order valence-electron chi connectivity index (χ0n) is 2.14. The molecule has 0 aliphatic rings. The summed E-state index contributed by atoms with van der Waals surface area (Å²) in [6.07, 6.45) is 0. The Bertz CT molecular complexity index is 7.51. The van der Waals surface area contributed by atoms with Crippen LogP contribution in [0.25, 0.3) is 0 Å². The fourth-order valence-corrected chi connectivity index (χ4v) is 0. The van der Waals surface area contributed by atoms with Crippen LogP contribution in [-0.4, -0.2) is 0 Å². The van der Waals surface area contributed by atoms with Gasteiger partial charge in [0.2, 0.25) is 0 Å². The molecule has 0 aromatic rings. The molecule has 0 spiro atoms. The van der Waals surface area contributed by atoms with Gasteiger partial charge in [0.05, 0.1) is 0 Å². The van der Waals surface area contributed by atoms with Crippen molar-refractivity contribution in [3.63, 3.8) is 0 Å². The zero-order chi connectivity index (χ0) is 5.41. The number of rotatable bonds is 0. The number of hydrogen-bond donors (Lipinski definition) is 0. The first-order chi connectivity index (χ1) is 2.83. The summed E-state index contributed by atoms with van der Waals surface area (Å²) in [4.78, 5) is 0. The summed E-state index contributed by atoms with van der Waals surface area (Å²) in [7, 11) is 2.50. The van der Waals surface area contributed by atoms with E-state index in [1.54, 1.807) is 0 Å². The van der Waals surface area contributed by atoms with Crippen molar-refractivity contribution in [1.29, 1.82) is 0 Å². The molecular formula is Br4Ni2. The van der Waals surface area contributed by atoms with Gasteiger partial charge in [-0.15, -0.1) is 0 Å². The quantitative estimate of drug-likeness (QED) is 0.511. The molecule has 0 aliphatic carbocycles. The molecule has 6 heteroatoms. The van der Waals surface area contributed by atoms with Crippen LogP contribution in [0.15, 0.2) is 0 Å². The second kappa shape index (κ2) is 15.7. The monoisotopic (exact) mass is 432 g/mol. The Morgan fingerprint density at radius 2 is 0.667 bits per heavy atom. The van der Waals surface area contributed by atoms with Gasteiger partial charge in [0, 0.05) is 0 Å². The third-order valence-corrected chi connectivity index (χ3v) is 0. The minimum atomic E-state index is 1.25. The van der Waals surface area contributed by atoms with Crippen molar-refractivity contribution in [1.82, 2.24) is 0 Å². The Hall–Kier alpha value is 2.91. The van der Waals surface area contributed by atoms with E-state index >= 15 is 0 Å². The first-order valence-corrected chi connectivity index (χ1v) is 10.2. The van der Waals surface area contributed by atoms with Crippen LogP contribution < -0.4 is 0 Å². The molecular weight excluding hydrogens is 437 g/mol. The maximum absolute atomic E-state index is 3.00. The molecule has 6 heavy (non-hydrogen) atoms. The summed E-state index contributed by atoms with van der Waals surface area (Å²) in [6, 6.07) is 0. The SMILES string of the molecule is [Br][Ni][Br].[Br][Ni][Br]. The molecule has 0 saturated heterocycles. The first-order valence-electron chi connectivity index (χ1n) is 0.478. The molecule has 0 nitrogen and oxygen atoms in total. The van der Waals surface area contributed by atoms with Crippen LogP contribution in [0.4, 0.5) is 0 Å². The molecule has 0 radical (unpaired) electrons. The van der Waals surface area contributed by atoms with E-state index in [-0.39, 0.29) is 0 Å². The first kappa shape index (κ1) is 11.7. The van der Waals surface area contributed by atoms with Gasteiger partial charge >= 0.3 is 78.7 Å². The van der Waals surface area contributed by atoms with Crippen LogP contribution in [0.1, 0.15) is 0 Å². The second-order valence-corrected chi connectivity index (χ2v) is 10.1. The van der Waals surface area contributed by atoms with E-state index < -0.39 is 0 Å². The fraction of sp³-hybridized carbons (Fsp3) is 0. The van der Waals surface area contributed by atoms with Gasteiger partial charge in [-0.2, -0.15) is 0 Å². The average Bonchev–Trinajstić information content (AvgIpc) is 1.39. The van der Waals surface area contributed by atoms with Gasteiger partial charge in [0.25, 0.3) is 0 Å². The van der Waals surface area contributed by atoms with Gasteiger partial charge < -0.3 is 0 Å². The molecule has 0 aliphatic heterocycles. The van der Waals surface area contributed by atoms with E-state index in [4.69, 9.17) is 0 Å². The van der Waals surface area contributed by atoms with Crippen LogP contribution in [-0.2, 0) is 21.8 Å². The molecule has 0 saturated carbocycles. The Labute approximate surface area is 77.3 Å². The molecule has 0 atom stereocenters. The van der Waals surface area contributed by atoms with E-state index in [9.17, 15) is 0 Å². The van der Waals surface area contributed by atoms with Crippen LogP contribution in [0.2, 0.25) is 0 Å². The minimum absolute atomic E-state index is 1.25. The molecule has 0 aromatic carbocycles. The van der Waals surface area contributed by atoms with Crippen molar-refractivity contribution in [2.24, 2.45) is 0 Å². The van der Waals surface area contributed by atoms with Gasteiger partial charge in [0.15, 0.2) is 0 Å². The predicted octanol–water partition coefficient (Wildman–Crippen LogP) is 3.38. The second-order valence-electron chi connectivity index (χ2n) is 0.0904. The summed E-state index contributed by atoms with van der Waals surface area (Å²) in [5, 5.41) is 0. The maximum atomic E-state index is 3.00. The van der Waals surface area contributed by atoms with Gasteiger partial charge in [-0.05, 0) is 0 Å². The summed E-state index contributed by atoms with van der Waals surface area (Å²) in [6.45, 7) is 0. The van der Waals surface area contributed by atoms with Crippen molar-refractivity contribution in [2.75, 3.05) is 0 Å². The summed E-state index contributed by atoms with van der Waals surface area (Å²) in [5.74, 6) is 0. The van der Waals surface area contributed by atoms with Crippen molar-refractivity contribution < 1.29 is 21.8 Å². The topological polar surface area (TPSA) is 0 Å². The fourth-order valence-electron chi connectivity index (χ4n) is 0. The third kappa shape index (κ3) is 28.5. The number of hydrogen-bond acceptors (Lipinski definition) is 0. The molecule has 0 bridgehead atoms. The molecule has 48 valence electrons. The van der Waals surface area contributed by atoms with E-state index in [0.717, 1.165) is 0 Å². The van der Waals surface area contributed by atoms with E-state index in [2.05, 4.69) is 56.9 Å². The third-order valence-electron chi connectivity index (χ3n) is 0. The Morgan fingerprint density at radius 1 is 0.667 bits per heavy atom. The average molecular weight is 437 g/mol. The standard InChI is InChI=1S/4BrH.2Ni/h4*1H;;/q;;;;2*+2/p-4. The van der Waals surface area contributed by atoms with E-state index in [0.29, 0.717) is 0 Å². The summed E-state index contributed by atoms with van der Waals surface area (Å²) in [5.41, 5.74) is 0. The predicted molar refractivity (Wildman–Crippen MR) is 35.7 cm³/mol. The van der Waals surface area contributed by atoms with Crippen molar-refractivity contribution >= 4 is 56.9 Å². The molecule has 0 heterocycles. The van der Waals surface area contributed by atoms with Gasteiger partial charge in [-0.3, -0.25) is 0 Å². The van der Waals surface area contributed by atoms with Gasteiger partial charge in [-0.25, -0.2) is 0 Å². The van der Waals surface area contributed by atoms with Crippen molar-refractivity contribution in [3.8, 4) is 0 Å². The van der Waals surface area contributed by atoms with Crippen LogP contribution >= 0.6 is 56.9 Å². The van der Waals surface area contributed by atoms with Crippen molar-refractivity contribution in [2.45, 2.75) is 0 Å². The van der Waals surface area contributed by atoms with E-state index in [1.807, 2.05) is 0 Å². The molecule has 0 N–H and O–H groups in total. The Morgan fingerprint density at radius 3 is 0.667 bits per heavy atom. The number of halogens is 4. The Balaban J connectivity index is 0. The molecule has 0 fully saturated rings. The molecule has 0 rings (SSSR count). The zero-order valence-corrected chi connectivity index (χ0v) is 10.5. The van der Waals surface area contributed by atoms with E-state index in [1.165, 1.54) is 21.8 Å². The summed E-state index contributed by atoms with van der Waals surface area (Å²) < 4.78 is 0. The molecule has 0 unspecified atom stereocenters. The normalized spacial score (nSPS) is 7.33.